The van der Waals surface area contributed by atoms with Crippen LogP contribution in [0.5, 0.6) is 0 Å². The highest BCUT2D eigenvalue weighted by molar-refractivity contribution is 7.81. The first-order valence-corrected chi connectivity index (χ1v) is 7.01. The summed E-state index contributed by atoms with van der Waals surface area (Å²) in [5.74, 6) is 0.0403. The Balaban J connectivity index is 2.11. The standard InChI is InChI=1S/C17H15NOS/c1-10-3-6-12(7-4-10)17(20)15-11(2)5-8-13-9-14(19)18-16(13)15/h3-8H,9H2,1-2H3,(H,18,19). The fraction of sp³-hybridized carbons (Fsp3) is 0.176. The normalized spacial score (nSPS) is 13.0. The summed E-state index contributed by atoms with van der Waals surface area (Å²) in [7, 11) is 0. The molecule has 0 saturated heterocycles. The van der Waals surface area contributed by atoms with E-state index in [-0.39, 0.29) is 5.91 Å². The third-order valence-corrected chi connectivity index (χ3v) is 4.10. The number of amides is 1. The highest BCUT2D eigenvalue weighted by atomic mass is 32.1. The summed E-state index contributed by atoms with van der Waals surface area (Å²) in [5.41, 5.74) is 6.22. The lowest BCUT2D eigenvalue weighted by atomic mass is 9.95. The van der Waals surface area contributed by atoms with Gasteiger partial charge in [0.25, 0.3) is 0 Å². The molecule has 2 aromatic rings. The van der Waals surface area contributed by atoms with Crippen molar-refractivity contribution < 1.29 is 4.79 Å². The summed E-state index contributed by atoms with van der Waals surface area (Å²) >= 11 is 5.65. The zero-order valence-corrected chi connectivity index (χ0v) is 12.3. The predicted octanol–water partition coefficient (Wildman–Crippen LogP) is 3.56. The van der Waals surface area contributed by atoms with Gasteiger partial charge in [0.2, 0.25) is 5.91 Å². The highest BCUT2D eigenvalue weighted by Crippen LogP contribution is 2.32. The fourth-order valence-corrected chi connectivity index (χ4v) is 2.94. The first-order valence-electron chi connectivity index (χ1n) is 6.60. The number of anilines is 1. The molecule has 3 heteroatoms. The van der Waals surface area contributed by atoms with E-state index in [1.165, 1.54) is 5.56 Å². The number of carbonyl (C=O) groups excluding carboxylic acids is 1. The molecule has 3 rings (SSSR count). The summed E-state index contributed by atoms with van der Waals surface area (Å²) in [6.07, 6.45) is 0.444. The van der Waals surface area contributed by atoms with Gasteiger partial charge in [-0.25, -0.2) is 0 Å². The number of benzene rings is 2. The minimum absolute atomic E-state index is 0.0403. The lowest BCUT2D eigenvalue weighted by Crippen LogP contribution is -2.09. The Morgan fingerprint density at radius 3 is 2.50 bits per heavy atom. The van der Waals surface area contributed by atoms with Gasteiger partial charge in [-0.05, 0) is 30.5 Å². The van der Waals surface area contributed by atoms with E-state index in [1.54, 1.807) is 0 Å². The topological polar surface area (TPSA) is 29.1 Å². The second-order valence-corrected chi connectivity index (χ2v) is 5.62. The van der Waals surface area contributed by atoms with Crippen LogP contribution in [0.4, 0.5) is 5.69 Å². The quantitative estimate of drug-likeness (QED) is 0.673. The predicted molar refractivity (Wildman–Crippen MR) is 85.5 cm³/mol. The van der Waals surface area contributed by atoms with Gasteiger partial charge in [0.05, 0.1) is 17.0 Å². The van der Waals surface area contributed by atoms with Gasteiger partial charge in [0.1, 0.15) is 0 Å². The summed E-state index contributed by atoms with van der Waals surface area (Å²) in [6, 6.07) is 12.2. The van der Waals surface area contributed by atoms with Gasteiger partial charge in [0, 0.05) is 5.56 Å². The van der Waals surface area contributed by atoms with Crippen LogP contribution in [0.1, 0.15) is 27.8 Å². The lowest BCUT2D eigenvalue weighted by molar-refractivity contribution is -0.115. The number of thiocarbonyl (C=S) groups is 1. The fourth-order valence-electron chi connectivity index (χ4n) is 2.54. The van der Waals surface area contributed by atoms with E-state index in [1.807, 2.05) is 31.2 Å². The van der Waals surface area contributed by atoms with Gasteiger partial charge < -0.3 is 5.32 Å². The Morgan fingerprint density at radius 1 is 1.10 bits per heavy atom. The molecule has 0 spiro atoms. The van der Waals surface area contributed by atoms with Crippen molar-refractivity contribution in [1.82, 2.24) is 0 Å². The number of nitrogens with one attached hydrogen (secondary N) is 1. The van der Waals surface area contributed by atoms with Crippen LogP contribution >= 0.6 is 12.2 Å². The van der Waals surface area contributed by atoms with Crippen LogP contribution in [-0.2, 0) is 11.2 Å². The van der Waals surface area contributed by atoms with E-state index in [0.29, 0.717) is 6.42 Å². The van der Waals surface area contributed by atoms with E-state index in [9.17, 15) is 4.79 Å². The van der Waals surface area contributed by atoms with Gasteiger partial charge >= 0.3 is 0 Å². The largest absolute Gasteiger partial charge is 0.325 e. The Kier molecular flexibility index (Phi) is 3.14. The second-order valence-electron chi connectivity index (χ2n) is 5.21. The average Bonchev–Trinajstić information content (AvgIpc) is 2.79. The van der Waals surface area contributed by atoms with Crippen molar-refractivity contribution in [1.29, 1.82) is 0 Å². The molecule has 100 valence electrons. The van der Waals surface area contributed by atoms with E-state index in [0.717, 1.165) is 32.8 Å². The second kappa shape index (κ2) is 4.84. The molecule has 2 aromatic carbocycles. The Morgan fingerprint density at radius 2 is 1.80 bits per heavy atom. The molecule has 0 radical (unpaired) electrons. The molecule has 20 heavy (non-hydrogen) atoms. The van der Waals surface area contributed by atoms with Gasteiger partial charge in [-0.15, -0.1) is 0 Å². The molecule has 0 unspecified atom stereocenters. The molecule has 0 aromatic heterocycles. The minimum atomic E-state index is 0.0403. The third-order valence-electron chi connectivity index (χ3n) is 3.66. The number of hydrogen-bond acceptors (Lipinski definition) is 2. The molecule has 1 aliphatic rings. The van der Waals surface area contributed by atoms with Crippen molar-refractivity contribution in [2.24, 2.45) is 0 Å². The van der Waals surface area contributed by atoms with Gasteiger partial charge in [-0.3, -0.25) is 4.79 Å². The number of carbonyl (C=O) groups is 1. The van der Waals surface area contributed by atoms with E-state index < -0.39 is 0 Å². The first-order chi connectivity index (χ1) is 9.56. The molecule has 1 amide bonds. The number of rotatable bonds is 2. The van der Waals surface area contributed by atoms with Crippen molar-refractivity contribution in [3.8, 4) is 0 Å². The van der Waals surface area contributed by atoms with Crippen molar-refractivity contribution in [2.75, 3.05) is 5.32 Å². The van der Waals surface area contributed by atoms with Crippen molar-refractivity contribution >= 4 is 28.7 Å². The molecule has 1 N–H and O–H groups in total. The maximum absolute atomic E-state index is 11.6. The van der Waals surface area contributed by atoms with Crippen molar-refractivity contribution in [2.45, 2.75) is 20.3 Å². The molecular weight excluding hydrogens is 266 g/mol. The zero-order valence-electron chi connectivity index (χ0n) is 11.5. The number of fused-ring (bicyclic) bond motifs is 1. The van der Waals surface area contributed by atoms with E-state index >= 15 is 0 Å². The maximum atomic E-state index is 11.6. The van der Waals surface area contributed by atoms with Gasteiger partial charge in [0.15, 0.2) is 0 Å². The van der Waals surface area contributed by atoms with Crippen LogP contribution in [0.2, 0.25) is 0 Å². The Labute approximate surface area is 123 Å². The minimum Gasteiger partial charge on any atom is -0.325 e. The number of aryl methyl sites for hydroxylation is 2. The van der Waals surface area contributed by atoms with Gasteiger partial charge in [-0.2, -0.15) is 0 Å². The lowest BCUT2D eigenvalue weighted by Gasteiger charge is -2.13. The Hall–Kier alpha value is -2.00. The Bertz CT molecular complexity index is 717. The summed E-state index contributed by atoms with van der Waals surface area (Å²) in [5, 5.41) is 2.94. The maximum Gasteiger partial charge on any atom is 0.228 e. The van der Waals surface area contributed by atoms with E-state index in [4.69, 9.17) is 12.2 Å². The molecule has 1 aliphatic heterocycles. The van der Waals surface area contributed by atoms with Crippen LogP contribution in [-0.4, -0.2) is 10.8 Å². The smallest absolute Gasteiger partial charge is 0.228 e. The monoisotopic (exact) mass is 281 g/mol. The summed E-state index contributed by atoms with van der Waals surface area (Å²) in [4.78, 5) is 12.4. The van der Waals surface area contributed by atoms with Crippen molar-refractivity contribution in [3.05, 3.63) is 64.2 Å². The van der Waals surface area contributed by atoms with Gasteiger partial charge in [-0.1, -0.05) is 54.2 Å². The van der Waals surface area contributed by atoms with Crippen LogP contribution < -0.4 is 5.32 Å². The van der Waals surface area contributed by atoms with Crippen molar-refractivity contribution in [3.63, 3.8) is 0 Å². The third kappa shape index (κ3) is 2.14. The van der Waals surface area contributed by atoms with Crippen LogP contribution in [0.3, 0.4) is 0 Å². The molecular formula is C17H15NOS. The molecule has 0 saturated carbocycles. The first kappa shape index (κ1) is 13.0. The van der Waals surface area contributed by atoms with E-state index in [2.05, 4.69) is 24.4 Å². The van der Waals surface area contributed by atoms with Crippen LogP contribution in [0, 0.1) is 13.8 Å². The number of hydrogen-bond donors (Lipinski definition) is 1. The zero-order chi connectivity index (χ0) is 14.3. The molecule has 0 fully saturated rings. The van der Waals surface area contributed by atoms with Crippen LogP contribution in [0.25, 0.3) is 0 Å². The summed E-state index contributed by atoms with van der Waals surface area (Å²) < 4.78 is 0. The highest BCUT2D eigenvalue weighted by Gasteiger charge is 2.24. The molecule has 0 atom stereocenters. The average molecular weight is 281 g/mol. The summed E-state index contributed by atoms with van der Waals surface area (Å²) in [6.45, 7) is 4.08. The molecule has 0 aliphatic carbocycles. The SMILES string of the molecule is Cc1ccc(C(=S)c2c(C)ccc3c2NC(=O)C3)cc1. The molecule has 2 nitrogen and oxygen atoms in total. The molecule has 0 bridgehead atoms. The van der Waals surface area contributed by atoms with Crippen LogP contribution in [0.15, 0.2) is 36.4 Å². The molecule has 1 heterocycles.